The summed E-state index contributed by atoms with van der Waals surface area (Å²) < 4.78 is 1.89. The van der Waals surface area contributed by atoms with Crippen molar-refractivity contribution in [1.29, 1.82) is 0 Å². The Bertz CT molecular complexity index is 914. The van der Waals surface area contributed by atoms with Crippen LogP contribution in [0, 0.1) is 0 Å². The second-order valence-corrected chi connectivity index (χ2v) is 7.23. The Balaban J connectivity index is 2.14. The first-order valence-corrected chi connectivity index (χ1v) is 8.71. The number of benzene rings is 2. The van der Waals surface area contributed by atoms with Gasteiger partial charge in [0.05, 0.1) is 10.2 Å². The summed E-state index contributed by atoms with van der Waals surface area (Å²) in [5, 5.41) is 15.5. The van der Waals surface area contributed by atoms with Crippen LogP contribution in [0.2, 0.25) is 0 Å². The largest absolute Gasteiger partial charge is 0.378 e. The van der Waals surface area contributed by atoms with Gasteiger partial charge in [-0.3, -0.25) is 0 Å². The standard InChI is InChI=1S/C17H13BrN4OS/c1-11(21-22-19)10-17(23,12-6-8-13(18)9-7-12)16-20-14-4-2-3-5-15(14)24-16/h2-9,23H,1,10H2. The van der Waals surface area contributed by atoms with E-state index in [1.807, 2.05) is 48.5 Å². The monoisotopic (exact) mass is 400 g/mol. The molecule has 0 aliphatic heterocycles. The fourth-order valence-corrected chi connectivity index (χ4v) is 3.81. The molecule has 0 amide bonds. The highest BCUT2D eigenvalue weighted by Crippen LogP contribution is 2.39. The van der Waals surface area contributed by atoms with Gasteiger partial charge in [-0.2, -0.15) is 0 Å². The summed E-state index contributed by atoms with van der Waals surface area (Å²) in [6, 6.07) is 15.0. The van der Waals surface area contributed by atoms with Gasteiger partial charge >= 0.3 is 0 Å². The molecule has 5 nitrogen and oxygen atoms in total. The molecule has 3 aromatic rings. The van der Waals surface area contributed by atoms with Gasteiger partial charge in [0.25, 0.3) is 0 Å². The maximum Gasteiger partial charge on any atom is 0.145 e. The fraction of sp³-hybridized carbons (Fsp3) is 0.118. The van der Waals surface area contributed by atoms with Crippen LogP contribution < -0.4 is 0 Å². The molecule has 1 heterocycles. The summed E-state index contributed by atoms with van der Waals surface area (Å²) >= 11 is 4.81. The molecule has 0 radical (unpaired) electrons. The number of aliphatic hydroxyl groups is 1. The summed E-state index contributed by atoms with van der Waals surface area (Å²) in [6.07, 6.45) is 0.0680. The lowest BCUT2D eigenvalue weighted by molar-refractivity contribution is 0.0808. The van der Waals surface area contributed by atoms with Crippen LogP contribution in [0.25, 0.3) is 20.7 Å². The van der Waals surface area contributed by atoms with E-state index in [2.05, 4.69) is 37.5 Å². The van der Waals surface area contributed by atoms with Gasteiger partial charge in [-0.25, -0.2) is 4.98 Å². The minimum absolute atomic E-state index is 0.0680. The van der Waals surface area contributed by atoms with Crippen molar-refractivity contribution in [1.82, 2.24) is 4.98 Å². The molecule has 7 heteroatoms. The smallest absolute Gasteiger partial charge is 0.145 e. The third-order valence-corrected chi connectivity index (χ3v) is 5.33. The molecule has 1 unspecified atom stereocenters. The first kappa shape index (κ1) is 16.7. The minimum Gasteiger partial charge on any atom is -0.378 e. The SMILES string of the molecule is C=C(CC(O)(c1ccc(Br)cc1)c1nc2ccccc2s1)N=[N+]=[N-]. The molecule has 0 aliphatic rings. The van der Waals surface area contributed by atoms with Crippen LogP contribution in [-0.2, 0) is 5.60 Å². The first-order chi connectivity index (χ1) is 11.5. The zero-order chi connectivity index (χ0) is 17.2. The van der Waals surface area contributed by atoms with Crippen LogP contribution >= 0.6 is 27.3 Å². The number of hydrogen-bond donors (Lipinski definition) is 1. The Morgan fingerprint density at radius 1 is 1.29 bits per heavy atom. The molecule has 0 aliphatic carbocycles. The third-order valence-electron chi connectivity index (χ3n) is 3.62. The van der Waals surface area contributed by atoms with Gasteiger partial charge in [0.2, 0.25) is 0 Å². The summed E-state index contributed by atoms with van der Waals surface area (Å²) in [5.74, 6) is 0. The quantitative estimate of drug-likeness (QED) is 0.348. The summed E-state index contributed by atoms with van der Waals surface area (Å²) in [7, 11) is 0. The van der Waals surface area contributed by atoms with Gasteiger partial charge in [0, 0.05) is 21.5 Å². The highest BCUT2D eigenvalue weighted by Gasteiger charge is 2.35. The number of para-hydroxylation sites is 1. The van der Waals surface area contributed by atoms with Crippen LogP contribution in [-0.4, -0.2) is 10.1 Å². The summed E-state index contributed by atoms with van der Waals surface area (Å²) in [5.41, 5.74) is 8.95. The predicted octanol–water partition coefficient (Wildman–Crippen LogP) is 5.51. The van der Waals surface area contributed by atoms with Gasteiger partial charge in [-0.05, 0) is 35.4 Å². The maximum atomic E-state index is 11.4. The second kappa shape index (κ2) is 6.75. The molecule has 0 fully saturated rings. The molecular formula is C17H13BrN4OS. The van der Waals surface area contributed by atoms with Crippen molar-refractivity contribution in [3.05, 3.63) is 86.3 Å². The fourth-order valence-electron chi connectivity index (χ4n) is 2.47. The summed E-state index contributed by atoms with van der Waals surface area (Å²) in [6.45, 7) is 3.74. The number of fused-ring (bicyclic) bond motifs is 1. The molecule has 0 bridgehead atoms. The van der Waals surface area contributed by atoms with Crippen LogP contribution in [0.3, 0.4) is 0 Å². The van der Waals surface area contributed by atoms with Crippen molar-refractivity contribution in [3.63, 3.8) is 0 Å². The van der Waals surface area contributed by atoms with Crippen LogP contribution in [0.4, 0.5) is 0 Å². The topological polar surface area (TPSA) is 81.9 Å². The summed E-state index contributed by atoms with van der Waals surface area (Å²) in [4.78, 5) is 7.33. The molecule has 3 rings (SSSR count). The maximum absolute atomic E-state index is 11.4. The third kappa shape index (κ3) is 3.20. The van der Waals surface area contributed by atoms with Gasteiger partial charge in [-0.1, -0.05) is 51.9 Å². The second-order valence-electron chi connectivity index (χ2n) is 5.29. The number of azide groups is 1. The van der Waals surface area contributed by atoms with Crippen molar-refractivity contribution < 1.29 is 5.11 Å². The normalized spacial score (nSPS) is 13.2. The van der Waals surface area contributed by atoms with Crippen molar-refractivity contribution in [3.8, 4) is 0 Å². The Hall–Kier alpha value is -2.18. The van der Waals surface area contributed by atoms with Crippen molar-refractivity contribution in [2.75, 3.05) is 0 Å². The predicted molar refractivity (Wildman–Crippen MR) is 99.7 cm³/mol. The van der Waals surface area contributed by atoms with Crippen LogP contribution in [0.15, 0.2) is 70.4 Å². The minimum atomic E-state index is -1.41. The first-order valence-electron chi connectivity index (χ1n) is 7.10. The van der Waals surface area contributed by atoms with E-state index >= 15 is 0 Å². The van der Waals surface area contributed by atoms with E-state index in [1.54, 1.807) is 0 Å². The van der Waals surface area contributed by atoms with Gasteiger partial charge < -0.3 is 5.11 Å². The zero-order valence-corrected chi connectivity index (χ0v) is 15.0. The molecule has 24 heavy (non-hydrogen) atoms. The Kier molecular flexibility index (Phi) is 4.69. The van der Waals surface area contributed by atoms with E-state index in [9.17, 15) is 5.11 Å². The number of rotatable bonds is 5. The van der Waals surface area contributed by atoms with E-state index < -0.39 is 5.60 Å². The van der Waals surface area contributed by atoms with Crippen LogP contribution in [0.5, 0.6) is 0 Å². The van der Waals surface area contributed by atoms with Crippen LogP contribution in [0.1, 0.15) is 17.0 Å². The Morgan fingerprint density at radius 3 is 2.67 bits per heavy atom. The number of thiazole rings is 1. The van der Waals surface area contributed by atoms with E-state index in [0.29, 0.717) is 10.6 Å². The van der Waals surface area contributed by atoms with Crippen molar-refractivity contribution in [2.45, 2.75) is 12.0 Å². The van der Waals surface area contributed by atoms with E-state index in [0.717, 1.165) is 14.7 Å². The van der Waals surface area contributed by atoms with E-state index in [-0.39, 0.29) is 12.1 Å². The number of aromatic nitrogens is 1. The highest BCUT2D eigenvalue weighted by molar-refractivity contribution is 9.10. The molecule has 120 valence electrons. The lowest BCUT2D eigenvalue weighted by Crippen LogP contribution is -2.27. The molecule has 0 saturated carbocycles. The average Bonchev–Trinajstić information content (AvgIpc) is 3.00. The van der Waals surface area contributed by atoms with Crippen molar-refractivity contribution in [2.24, 2.45) is 5.11 Å². The van der Waals surface area contributed by atoms with Gasteiger partial charge in [-0.15, -0.1) is 11.3 Å². The lowest BCUT2D eigenvalue weighted by Gasteiger charge is -2.26. The number of nitrogens with zero attached hydrogens (tertiary/aromatic N) is 4. The van der Waals surface area contributed by atoms with E-state index in [1.165, 1.54) is 11.3 Å². The van der Waals surface area contributed by atoms with Gasteiger partial charge in [0.15, 0.2) is 0 Å². The Morgan fingerprint density at radius 2 is 2.00 bits per heavy atom. The molecule has 0 spiro atoms. The highest BCUT2D eigenvalue weighted by atomic mass is 79.9. The molecule has 0 saturated heterocycles. The molecule has 1 atom stereocenters. The number of hydrogen-bond acceptors (Lipinski definition) is 4. The zero-order valence-electron chi connectivity index (χ0n) is 12.6. The Labute approximate surface area is 151 Å². The van der Waals surface area contributed by atoms with Crippen molar-refractivity contribution >= 4 is 37.5 Å². The average molecular weight is 401 g/mol. The number of halogens is 1. The lowest BCUT2D eigenvalue weighted by atomic mass is 9.90. The van der Waals surface area contributed by atoms with Gasteiger partial charge in [0.1, 0.15) is 10.6 Å². The molecule has 1 N–H and O–H groups in total. The molecular weight excluding hydrogens is 388 g/mol. The molecule has 1 aromatic heterocycles. The van der Waals surface area contributed by atoms with E-state index in [4.69, 9.17) is 5.53 Å². The molecule has 2 aromatic carbocycles.